The number of Topliss-reactive ketones (excluding diaryl/α,β-unsaturated/α-hetero) is 1. The monoisotopic (exact) mass is 433 g/mol. The molecule has 6 nitrogen and oxygen atoms in total. The molecule has 0 fully saturated rings. The summed E-state index contributed by atoms with van der Waals surface area (Å²) in [6, 6.07) is 8.46. The summed E-state index contributed by atoms with van der Waals surface area (Å²) in [4.78, 5) is 50.3. The molecule has 0 aliphatic carbocycles. The predicted octanol–water partition coefficient (Wildman–Crippen LogP) is 4.57. The van der Waals surface area contributed by atoms with Crippen molar-refractivity contribution in [3.63, 3.8) is 0 Å². The lowest BCUT2D eigenvalue weighted by Gasteiger charge is -2.16. The molecule has 2 aromatic carbocycles. The summed E-state index contributed by atoms with van der Waals surface area (Å²) in [5, 5.41) is 0.354. The van der Waals surface area contributed by atoms with Gasteiger partial charge >= 0.3 is 5.97 Å². The van der Waals surface area contributed by atoms with Crippen LogP contribution in [0.25, 0.3) is 0 Å². The van der Waals surface area contributed by atoms with Crippen LogP contribution in [0.3, 0.4) is 0 Å². The summed E-state index contributed by atoms with van der Waals surface area (Å²) in [7, 11) is 0. The van der Waals surface area contributed by atoms with Gasteiger partial charge in [0.05, 0.1) is 32.4 Å². The maximum Gasteiger partial charge on any atom is 0.338 e. The third kappa shape index (κ3) is 4.04. The number of imide groups is 1. The third-order valence-corrected chi connectivity index (χ3v) is 5.18. The van der Waals surface area contributed by atoms with Crippen LogP contribution in [0.2, 0.25) is 10.0 Å². The SMILES string of the molecule is CC(C)(C)C(=O)COC(=O)c1ccc(N2C(=O)c3cc(Cl)c(Cl)cc3C2=O)cc1. The average molecular weight is 434 g/mol. The minimum absolute atomic E-state index is 0.161. The zero-order valence-electron chi connectivity index (χ0n) is 15.9. The molecule has 0 atom stereocenters. The van der Waals surface area contributed by atoms with E-state index in [0.29, 0.717) is 0 Å². The van der Waals surface area contributed by atoms with Crippen LogP contribution in [0.15, 0.2) is 36.4 Å². The topological polar surface area (TPSA) is 80.8 Å². The minimum atomic E-state index is -0.671. The minimum Gasteiger partial charge on any atom is -0.454 e. The van der Waals surface area contributed by atoms with E-state index in [1.807, 2.05) is 0 Å². The van der Waals surface area contributed by atoms with E-state index in [9.17, 15) is 19.2 Å². The zero-order chi connectivity index (χ0) is 21.5. The Morgan fingerprint density at radius 3 is 1.86 bits per heavy atom. The first-order chi connectivity index (χ1) is 13.5. The van der Waals surface area contributed by atoms with Gasteiger partial charge in [-0.05, 0) is 36.4 Å². The third-order valence-electron chi connectivity index (χ3n) is 4.46. The number of ether oxygens (including phenoxy) is 1. The predicted molar refractivity (Wildman–Crippen MR) is 109 cm³/mol. The van der Waals surface area contributed by atoms with Gasteiger partial charge in [-0.25, -0.2) is 9.69 Å². The first kappa shape index (κ1) is 21.0. The van der Waals surface area contributed by atoms with Crippen molar-refractivity contribution in [1.29, 1.82) is 0 Å². The lowest BCUT2D eigenvalue weighted by Crippen LogP contribution is -2.29. The van der Waals surface area contributed by atoms with Gasteiger partial charge in [-0.3, -0.25) is 14.4 Å². The number of amides is 2. The molecule has 0 saturated heterocycles. The molecule has 0 spiro atoms. The van der Waals surface area contributed by atoms with Gasteiger partial charge in [-0.15, -0.1) is 0 Å². The molecule has 0 unspecified atom stereocenters. The number of hydrogen-bond acceptors (Lipinski definition) is 5. The highest BCUT2D eigenvalue weighted by Gasteiger charge is 2.37. The second-order valence-electron chi connectivity index (χ2n) is 7.55. The summed E-state index contributed by atoms with van der Waals surface area (Å²) < 4.78 is 5.04. The molecule has 2 amide bonds. The van der Waals surface area contributed by atoms with Gasteiger partial charge in [0.15, 0.2) is 12.4 Å². The van der Waals surface area contributed by atoms with Crippen molar-refractivity contribution < 1.29 is 23.9 Å². The van der Waals surface area contributed by atoms with Gasteiger partial charge in [0, 0.05) is 5.41 Å². The number of benzene rings is 2. The Kier molecular flexibility index (Phi) is 5.52. The van der Waals surface area contributed by atoms with E-state index in [1.54, 1.807) is 20.8 Å². The molecule has 2 aromatic rings. The van der Waals surface area contributed by atoms with E-state index in [1.165, 1.54) is 36.4 Å². The number of ketones is 1. The number of rotatable bonds is 4. The fourth-order valence-electron chi connectivity index (χ4n) is 2.65. The second kappa shape index (κ2) is 7.61. The van der Waals surface area contributed by atoms with Crippen LogP contribution in [0.4, 0.5) is 5.69 Å². The van der Waals surface area contributed by atoms with Crippen LogP contribution in [0.1, 0.15) is 51.8 Å². The fraction of sp³-hybridized carbons (Fsp3) is 0.238. The number of carbonyl (C=O) groups excluding carboxylic acids is 4. The normalized spacial score (nSPS) is 13.5. The van der Waals surface area contributed by atoms with E-state index in [-0.39, 0.29) is 44.8 Å². The van der Waals surface area contributed by atoms with Crippen molar-refractivity contribution in [2.75, 3.05) is 11.5 Å². The molecule has 0 aromatic heterocycles. The molecule has 150 valence electrons. The molecular formula is C21H17Cl2NO5. The van der Waals surface area contributed by atoms with Crippen molar-refractivity contribution in [3.05, 3.63) is 63.1 Å². The number of anilines is 1. The number of hydrogen-bond donors (Lipinski definition) is 0. The Bertz CT molecular complexity index is 997. The highest BCUT2D eigenvalue weighted by Crippen LogP contribution is 2.34. The van der Waals surface area contributed by atoms with Crippen LogP contribution in [-0.2, 0) is 9.53 Å². The Labute approximate surface area is 177 Å². The van der Waals surface area contributed by atoms with Crippen LogP contribution in [0, 0.1) is 5.41 Å². The summed E-state index contributed by atoms with van der Waals surface area (Å²) >= 11 is 11.9. The number of nitrogens with zero attached hydrogens (tertiary/aromatic N) is 1. The summed E-state index contributed by atoms with van der Waals surface area (Å²) in [6.45, 7) is 4.88. The first-order valence-corrected chi connectivity index (χ1v) is 9.44. The molecule has 3 rings (SSSR count). The molecule has 0 radical (unpaired) electrons. The second-order valence-corrected chi connectivity index (χ2v) is 8.37. The summed E-state index contributed by atoms with van der Waals surface area (Å²) in [5.41, 5.74) is 0.188. The molecular weight excluding hydrogens is 417 g/mol. The van der Waals surface area contributed by atoms with Gasteiger partial charge in [-0.2, -0.15) is 0 Å². The van der Waals surface area contributed by atoms with Gasteiger partial charge in [0.1, 0.15) is 0 Å². The van der Waals surface area contributed by atoms with E-state index in [0.717, 1.165) is 4.90 Å². The molecule has 29 heavy (non-hydrogen) atoms. The molecule has 1 aliphatic rings. The number of halogens is 2. The van der Waals surface area contributed by atoms with E-state index >= 15 is 0 Å². The molecule has 0 bridgehead atoms. The highest BCUT2D eigenvalue weighted by atomic mass is 35.5. The van der Waals surface area contributed by atoms with E-state index in [4.69, 9.17) is 27.9 Å². The van der Waals surface area contributed by atoms with Crippen LogP contribution in [-0.4, -0.2) is 30.2 Å². The average Bonchev–Trinajstić information content (AvgIpc) is 2.89. The molecule has 1 aliphatic heterocycles. The van der Waals surface area contributed by atoms with Crippen molar-refractivity contribution in [1.82, 2.24) is 0 Å². The Hall–Kier alpha value is -2.70. The number of carbonyl (C=O) groups is 4. The van der Waals surface area contributed by atoms with Gasteiger partial charge in [0.2, 0.25) is 0 Å². The maximum atomic E-state index is 12.6. The van der Waals surface area contributed by atoms with Crippen LogP contribution >= 0.6 is 23.2 Å². The Morgan fingerprint density at radius 1 is 0.931 bits per heavy atom. The summed E-state index contributed by atoms with van der Waals surface area (Å²) in [6.07, 6.45) is 0. The van der Waals surface area contributed by atoms with Crippen LogP contribution in [0.5, 0.6) is 0 Å². The number of esters is 1. The van der Waals surface area contributed by atoms with Gasteiger partial charge < -0.3 is 4.74 Å². The highest BCUT2D eigenvalue weighted by molar-refractivity contribution is 6.44. The lowest BCUT2D eigenvalue weighted by molar-refractivity contribution is -0.129. The molecule has 0 saturated carbocycles. The number of fused-ring (bicyclic) bond motifs is 1. The lowest BCUT2D eigenvalue weighted by atomic mass is 9.91. The van der Waals surface area contributed by atoms with Crippen LogP contribution < -0.4 is 4.90 Å². The van der Waals surface area contributed by atoms with Gasteiger partial charge in [0.25, 0.3) is 11.8 Å². The van der Waals surface area contributed by atoms with Crippen molar-refractivity contribution in [3.8, 4) is 0 Å². The van der Waals surface area contributed by atoms with Crippen molar-refractivity contribution >= 4 is 52.5 Å². The zero-order valence-corrected chi connectivity index (χ0v) is 17.4. The maximum absolute atomic E-state index is 12.6. The Balaban J connectivity index is 1.77. The molecule has 0 N–H and O–H groups in total. The van der Waals surface area contributed by atoms with Crippen molar-refractivity contribution in [2.45, 2.75) is 20.8 Å². The standard InChI is InChI=1S/C21H17Cl2NO5/c1-21(2,3)17(25)10-29-20(28)11-4-6-12(7-5-11)24-18(26)13-8-15(22)16(23)9-14(13)19(24)27/h4-9H,10H2,1-3H3. The summed E-state index contributed by atoms with van der Waals surface area (Å²) in [5.74, 6) is -1.94. The quantitative estimate of drug-likeness (QED) is 0.521. The first-order valence-electron chi connectivity index (χ1n) is 8.69. The molecule has 1 heterocycles. The molecule has 8 heteroatoms. The smallest absolute Gasteiger partial charge is 0.338 e. The van der Waals surface area contributed by atoms with Gasteiger partial charge in [-0.1, -0.05) is 44.0 Å². The van der Waals surface area contributed by atoms with Crippen molar-refractivity contribution in [2.24, 2.45) is 5.41 Å². The fourth-order valence-corrected chi connectivity index (χ4v) is 2.97. The van der Waals surface area contributed by atoms with E-state index in [2.05, 4.69) is 0 Å². The Morgan fingerprint density at radius 2 is 1.41 bits per heavy atom. The van der Waals surface area contributed by atoms with E-state index < -0.39 is 23.2 Å². The largest absolute Gasteiger partial charge is 0.454 e.